The normalized spacial score (nSPS) is 10.1. The molecule has 6 nitrogen and oxygen atoms in total. The number of carbonyl (C=O) groups excluding carboxylic acids is 1. The third kappa shape index (κ3) is 3.70. The first kappa shape index (κ1) is 14.8. The van der Waals surface area contributed by atoms with Crippen molar-refractivity contribution in [3.05, 3.63) is 68.7 Å². The maximum absolute atomic E-state index is 11.0. The first-order chi connectivity index (χ1) is 9.97. The fraction of sp³-hybridized carbons (Fsp3) is 0.0714. The number of nitro groups is 1. The molecule has 0 aromatic heterocycles. The van der Waals surface area contributed by atoms with Crippen LogP contribution in [0.5, 0.6) is 0 Å². The summed E-state index contributed by atoms with van der Waals surface area (Å²) < 4.78 is 0. The van der Waals surface area contributed by atoms with Gasteiger partial charge in [0.05, 0.1) is 4.92 Å². The van der Waals surface area contributed by atoms with E-state index in [1.165, 1.54) is 12.1 Å². The Morgan fingerprint density at radius 2 is 1.90 bits per heavy atom. The Morgan fingerprint density at radius 3 is 2.48 bits per heavy atom. The molecule has 0 unspecified atom stereocenters. The number of anilines is 1. The Bertz CT molecular complexity index is 686. The van der Waals surface area contributed by atoms with E-state index in [9.17, 15) is 14.9 Å². The van der Waals surface area contributed by atoms with Crippen LogP contribution >= 0.6 is 11.6 Å². The highest BCUT2D eigenvalue weighted by Crippen LogP contribution is 2.25. The lowest BCUT2D eigenvalue weighted by Gasteiger charge is -2.07. The molecular formula is C14H12ClN3O3. The molecular weight excluding hydrogens is 294 g/mol. The number of halogens is 1. The number of nitrogens with two attached hydrogens (primary N) is 1. The molecule has 1 amide bonds. The summed E-state index contributed by atoms with van der Waals surface area (Å²) in [6, 6.07) is 11.3. The van der Waals surface area contributed by atoms with E-state index in [1.54, 1.807) is 30.3 Å². The summed E-state index contributed by atoms with van der Waals surface area (Å²) in [5, 5.41) is 14.0. The van der Waals surface area contributed by atoms with Crippen LogP contribution in [0.4, 0.5) is 11.4 Å². The SMILES string of the molecule is NC(=O)c1ccc(NCc2ccc(Cl)c([N+](=O)[O-])c2)cc1. The highest BCUT2D eigenvalue weighted by molar-refractivity contribution is 6.32. The van der Waals surface area contributed by atoms with Gasteiger partial charge in [0.1, 0.15) is 5.02 Å². The van der Waals surface area contributed by atoms with Crippen LogP contribution in [-0.4, -0.2) is 10.8 Å². The van der Waals surface area contributed by atoms with Crippen molar-refractivity contribution in [3.63, 3.8) is 0 Å². The lowest BCUT2D eigenvalue weighted by Crippen LogP contribution is -2.10. The van der Waals surface area contributed by atoms with Gasteiger partial charge in [-0.3, -0.25) is 14.9 Å². The average Bonchev–Trinajstić information content (AvgIpc) is 2.46. The first-order valence-corrected chi connectivity index (χ1v) is 6.42. The largest absolute Gasteiger partial charge is 0.381 e. The lowest BCUT2D eigenvalue weighted by molar-refractivity contribution is -0.384. The van der Waals surface area contributed by atoms with Crippen molar-refractivity contribution < 1.29 is 9.72 Å². The second-order valence-electron chi connectivity index (χ2n) is 4.34. The summed E-state index contributed by atoms with van der Waals surface area (Å²) in [7, 11) is 0. The van der Waals surface area contributed by atoms with Crippen molar-refractivity contribution in [2.75, 3.05) is 5.32 Å². The summed E-state index contributed by atoms with van der Waals surface area (Å²) in [5.41, 5.74) is 6.95. The van der Waals surface area contributed by atoms with Crippen molar-refractivity contribution in [2.45, 2.75) is 6.54 Å². The minimum Gasteiger partial charge on any atom is -0.381 e. The van der Waals surface area contributed by atoms with Crippen molar-refractivity contribution in [2.24, 2.45) is 5.73 Å². The maximum atomic E-state index is 11.0. The molecule has 0 saturated heterocycles. The molecule has 0 radical (unpaired) electrons. The van der Waals surface area contributed by atoms with Crippen LogP contribution in [0, 0.1) is 10.1 Å². The van der Waals surface area contributed by atoms with Crippen molar-refractivity contribution in [3.8, 4) is 0 Å². The molecule has 0 atom stereocenters. The minimum absolute atomic E-state index is 0.106. The van der Waals surface area contributed by atoms with Gasteiger partial charge in [0.2, 0.25) is 5.91 Å². The summed E-state index contributed by atoms with van der Waals surface area (Å²) in [6.07, 6.45) is 0. The highest BCUT2D eigenvalue weighted by Gasteiger charge is 2.12. The molecule has 108 valence electrons. The van der Waals surface area contributed by atoms with E-state index < -0.39 is 10.8 Å². The Hall–Kier alpha value is -2.60. The molecule has 2 rings (SSSR count). The molecule has 21 heavy (non-hydrogen) atoms. The molecule has 0 spiro atoms. The van der Waals surface area contributed by atoms with Crippen LogP contribution in [0.15, 0.2) is 42.5 Å². The third-order valence-corrected chi connectivity index (χ3v) is 3.19. The maximum Gasteiger partial charge on any atom is 0.288 e. The Morgan fingerprint density at radius 1 is 1.24 bits per heavy atom. The van der Waals surface area contributed by atoms with Crippen molar-refractivity contribution in [1.82, 2.24) is 0 Å². The van der Waals surface area contributed by atoms with Gasteiger partial charge < -0.3 is 11.1 Å². The summed E-state index contributed by atoms with van der Waals surface area (Å²) in [5.74, 6) is -0.491. The highest BCUT2D eigenvalue weighted by atomic mass is 35.5. The Kier molecular flexibility index (Phi) is 4.39. The van der Waals surface area contributed by atoms with E-state index in [0.717, 1.165) is 11.3 Å². The van der Waals surface area contributed by atoms with Crippen LogP contribution in [-0.2, 0) is 6.54 Å². The average molecular weight is 306 g/mol. The van der Waals surface area contributed by atoms with Gasteiger partial charge in [-0.2, -0.15) is 0 Å². The molecule has 0 aliphatic rings. The molecule has 0 heterocycles. The van der Waals surface area contributed by atoms with Crippen LogP contribution < -0.4 is 11.1 Å². The van der Waals surface area contributed by atoms with E-state index in [-0.39, 0.29) is 10.7 Å². The smallest absolute Gasteiger partial charge is 0.288 e. The molecule has 2 aromatic carbocycles. The number of primary amides is 1. The number of hydrogen-bond donors (Lipinski definition) is 2. The fourth-order valence-electron chi connectivity index (χ4n) is 1.76. The number of amides is 1. The summed E-state index contributed by atoms with van der Waals surface area (Å²) >= 11 is 5.75. The van der Waals surface area contributed by atoms with Crippen molar-refractivity contribution >= 4 is 28.9 Å². The standard InChI is InChI=1S/C14H12ClN3O3/c15-12-6-1-9(7-13(12)18(20)21)8-17-11-4-2-10(3-5-11)14(16)19/h1-7,17H,8H2,(H2,16,19). The summed E-state index contributed by atoms with van der Waals surface area (Å²) in [6.45, 7) is 0.397. The molecule has 0 aliphatic heterocycles. The van der Waals surface area contributed by atoms with E-state index in [0.29, 0.717) is 12.1 Å². The van der Waals surface area contributed by atoms with Gasteiger partial charge in [0.15, 0.2) is 0 Å². The van der Waals surface area contributed by atoms with Gasteiger partial charge in [-0.1, -0.05) is 17.7 Å². The topological polar surface area (TPSA) is 98.3 Å². The molecule has 0 aliphatic carbocycles. The van der Waals surface area contributed by atoms with E-state index in [1.807, 2.05) is 0 Å². The molecule has 0 fully saturated rings. The van der Waals surface area contributed by atoms with E-state index >= 15 is 0 Å². The number of rotatable bonds is 5. The van der Waals surface area contributed by atoms with Crippen LogP contribution in [0.25, 0.3) is 0 Å². The van der Waals surface area contributed by atoms with Crippen molar-refractivity contribution in [1.29, 1.82) is 0 Å². The number of nitro benzene ring substituents is 1. The quantitative estimate of drug-likeness (QED) is 0.655. The predicted octanol–water partition coefficient (Wildman–Crippen LogP) is 2.96. The number of nitrogens with zero attached hydrogens (tertiary/aromatic N) is 1. The number of benzene rings is 2. The zero-order chi connectivity index (χ0) is 15.4. The van der Waals surface area contributed by atoms with Crippen LogP contribution in [0.2, 0.25) is 5.02 Å². The predicted molar refractivity (Wildman–Crippen MR) is 80.4 cm³/mol. The zero-order valence-electron chi connectivity index (χ0n) is 10.9. The van der Waals surface area contributed by atoms with Gasteiger partial charge >= 0.3 is 0 Å². The number of hydrogen-bond acceptors (Lipinski definition) is 4. The molecule has 0 bridgehead atoms. The van der Waals surface area contributed by atoms with E-state index in [2.05, 4.69) is 5.32 Å². The lowest BCUT2D eigenvalue weighted by atomic mass is 10.1. The number of carbonyl (C=O) groups is 1. The first-order valence-electron chi connectivity index (χ1n) is 6.04. The van der Waals surface area contributed by atoms with Gasteiger partial charge in [-0.25, -0.2) is 0 Å². The van der Waals surface area contributed by atoms with Crippen LogP contribution in [0.3, 0.4) is 0 Å². The summed E-state index contributed by atoms with van der Waals surface area (Å²) in [4.78, 5) is 21.2. The second kappa shape index (κ2) is 6.23. The van der Waals surface area contributed by atoms with E-state index in [4.69, 9.17) is 17.3 Å². The van der Waals surface area contributed by atoms with Crippen LogP contribution in [0.1, 0.15) is 15.9 Å². The third-order valence-electron chi connectivity index (χ3n) is 2.87. The zero-order valence-corrected chi connectivity index (χ0v) is 11.6. The monoisotopic (exact) mass is 305 g/mol. The molecule has 0 saturated carbocycles. The molecule has 2 aromatic rings. The second-order valence-corrected chi connectivity index (χ2v) is 4.75. The molecule has 7 heteroatoms. The number of nitrogens with one attached hydrogen (secondary N) is 1. The fourth-order valence-corrected chi connectivity index (χ4v) is 1.95. The minimum atomic E-state index is -0.520. The van der Waals surface area contributed by atoms with Gasteiger partial charge in [-0.05, 0) is 35.9 Å². The van der Waals surface area contributed by atoms with Gasteiger partial charge in [0, 0.05) is 23.9 Å². The molecule has 3 N–H and O–H groups in total. The van der Waals surface area contributed by atoms with Gasteiger partial charge in [0.25, 0.3) is 5.69 Å². The Labute approximate surface area is 125 Å². The van der Waals surface area contributed by atoms with Gasteiger partial charge in [-0.15, -0.1) is 0 Å². The Balaban J connectivity index is 2.07.